The molecule has 0 spiro atoms. The van der Waals surface area contributed by atoms with Crippen molar-refractivity contribution in [2.24, 2.45) is 18.9 Å². The summed E-state index contributed by atoms with van der Waals surface area (Å²) in [5, 5.41) is 9.98. The molecule has 0 bridgehead atoms. The second-order valence-corrected chi connectivity index (χ2v) is 11.8. The number of methoxy groups -OCH3 is 1. The average molecular weight is 535 g/mol. The highest BCUT2D eigenvalue weighted by Crippen LogP contribution is 2.52. The maximum atomic E-state index is 13.7. The molecule has 1 N–H and O–H groups in total. The second kappa shape index (κ2) is 9.98. The van der Waals surface area contributed by atoms with Gasteiger partial charge in [0.25, 0.3) is 5.56 Å². The van der Waals surface area contributed by atoms with Gasteiger partial charge < -0.3 is 14.3 Å². The number of likely N-dealkylation sites (tertiary alicyclic amines) is 1. The molecular formula is C29H35ClN6O2. The number of nitrogens with zero attached hydrogens (tertiary/aromatic N) is 5. The molecule has 2 fully saturated rings. The molecule has 4 heterocycles. The molecule has 200 valence electrons. The van der Waals surface area contributed by atoms with E-state index in [0.717, 1.165) is 67.2 Å². The molecule has 38 heavy (non-hydrogen) atoms. The standard InChI is InChI=1S/C29H35ClN6O2/c1-19-6-5-9-35(14-19)15-22-11-24-25(30)16-36(27(37)26(24)32-22)23-8-4-7-21(10-23)29(12-20(13-29)17-38-3)28-33-31-18-34(28)2/h4,7-8,10-11,16,18-20,32H,5-6,9,12-15,17H2,1-3H3/t19-,20?,29?/m0/s1. The fraction of sp³-hybridized carbons (Fsp3) is 0.483. The van der Waals surface area contributed by atoms with E-state index in [9.17, 15) is 4.79 Å². The molecule has 3 aromatic heterocycles. The first-order valence-corrected chi connectivity index (χ1v) is 13.8. The Balaban J connectivity index is 1.36. The third-order valence-electron chi connectivity index (χ3n) is 8.43. The van der Waals surface area contributed by atoms with Crippen LogP contribution in [0.4, 0.5) is 0 Å². The van der Waals surface area contributed by atoms with E-state index in [0.29, 0.717) is 22.4 Å². The largest absolute Gasteiger partial charge is 0.384 e. The number of hydrogen-bond donors (Lipinski definition) is 1. The Morgan fingerprint density at radius 3 is 2.84 bits per heavy atom. The van der Waals surface area contributed by atoms with E-state index >= 15 is 0 Å². The Morgan fingerprint density at radius 1 is 1.26 bits per heavy atom. The number of aryl methyl sites for hydroxylation is 1. The van der Waals surface area contributed by atoms with E-state index in [2.05, 4.69) is 39.1 Å². The smallest absolute Gasteiger partial charge is 0.279 e. The molecule has 0 unspecified atom stereocenters. The number of nitrogens with one attached hydrogen (secondary N) is 1. The van der Waals surface area contributed by atoms with Gasteiger partial charge in [-0.1, -0.05) is 30.7 Å². The van der Waals surface area contributed by atoms with Crippen molar-refractivity contribution in [2.45, 2.75) is 44.6 Å². The summed E-state index contributed by atoms with van der Waals surface area (Å²) >= 11 is 6.76. The van der Waals surface area contributed by atoms with Crippen molar-refractivity contribution in [1.82, 2.24) is 29.2 Å². The number of benzene rings is 1. The molecule has 0 amide bonds. The second-order valence-electron chi connectivity index (χ2n) is 11.3. The van der Waals surface area contributed by atoms with Crippen LogP contribution in [-0.4, -0.2) is 56.0 Å². The van der Waals surface area contributed by atoms with Gasteiger partial charge in [0.05, 0.1) is 10.4 Å². The molecule has 1 saturated carbocycles. The topological polar surface area (TPSA) is 81.0 Å². The first kappa shape index (κ1) is 25.3. The summed E-state index contributed by atoms with van der Waals surface area (Å²) < 4.78 is 9.09. The van der Waals surface area contributed by atoms with Gasteiger partial charge in [0.1, 0.15) is 17.7 Å². The highest BCUT2D eigenvalue weighted by molar-refractivity contribution is 6.35. The minimum Gasteiger partial charge on any atom is -0.384 e. The van der Waals surface area contributed by atoms with E-state index in [1.54, 1.807) is 24.2 Å². The number of pyridine rings is 1. The first-order chi connectivity index (χ1) is 18.4. The van der Waals surface area contributed by atoms with Crippen LogP contribution in [0.1, 0.15) is 49.7 Å². The fourth-order valence-corrected chi connectivity index (χ4v) is 6.92. The lowest BCUT2D eigenvalue weighted by atomic mass is 9.58. The Bertz CT molecular complexity index is 1520. The molecule has 1 atom stereocenters. The van der Waals surface area contributed by atoms with Gasteiger partial charge in [-0.15, -0.1) is 10.2 Å². The van der Waals surface area contributed by atoms with Gasteiger partial charge in [-0.2, -0.15) is 0 Å². The van der Waals surface area contributed by atoms with Crippen LogP contribution in [-0.2, 0) is 23.7 Å². The number of piperidine rings is 1. The number of H-pyrrole nitrogens is 1. The summed E-state index contributed by atoms with van der Waals surface area (Å²) in [6.07, 6.45) is 7.82. The normalized spacial score (nSPS) is 24.1. The van der Waals surface area contributed by atoms with Gasteiger partial charge in [-0.05, 0) is 67.8 Å². The summed E-state index contributed by atoms with van der Waals surface area (Å²) in [5.41, 5.74) is 3.11. The molecule has 1 aliphatic carbocycles. The van der Waals surface area contributed by atoms with Crippen LogP contribution in [0.3, 0.4) is 0 Å². The Hall–Kier alpha value is -2.94. The van der Waals surface area contributed by atoms with Crippen LogP contribution in [0, 0.1) is 11.8 Å². The van der Waals surface area contributed by atoms with Crippen LogP contribution in [0.2, 0.25) is 5.02 Å². The third-order valence-corrected chi connectivity index (χ3v) is 8.74. The van der Waals surface area contributed by atoms with Gasteiger partial charge in [0.2, 0.25) is 0 Å². The van der Waals surface area contributed by atoms with Crippen molar-refractivity contribution in [3.8, 4) is 5.69 Å². The lowest BCUT2D eigenvalue weighted by Crippen LogP contribution is -2.45. The third kappa shape index (κ3) is 4.38. The summed E-state index contributed by atoms with van der Waals surface area (Å²) in [4.78, 5) is 19.6. The highest BCUT2D eigenvalue weighted by Gasteiger charge is 2.49. The number of aromatic amines is 1. The minimum atomic E-state index is -0.271. The lowest BCUT2D eigenvalue weighted by molar-refractivity contribution is 0.0643. The molecule has 1 aliphatic heterocycles. The van der Waals surface area contributed by atoms with Crippen molar-refractivity contribution >= 4 is 22.5 Å². The minimum absolute atomic E-state index is 0.0987. The Morgan fingerprint density at radius 2 is 2.11 bits per heavy atom. The van der Waals surface area contributed by atoms with Crippen molar-refractivity contribution in [3.05, 3.63) is 75.3 Å². The summed E-state index contributed by atoms with van der Waals surface area (Å²) in [6, 6.07) is 10.2. The first-order valence-electron chi connectivity index (χ1n) is 13.5. The van der Waals surface area contributed by atoms with Gasteiger partial charge in [-0.3, -0.25) is 14.3 Å². The predicted molar refractivity (Wildman–Crippen MR) is 149 cm³/mol. The summed E-state index contributed by atoms with van der Waals surface area (Å²) in [7, 11) is 3.73. The van der Waals surface area contributed by atoms with E-state index in [-0.39, 0.29) is 11.0 Å². The molecule has 4 aromatic rings. The predicted octanol–water partition coefficient (Wildman–Crippen LogP) is 4.68. The maximum Gasteiger partial charge on any atom is 0.279 e. The van der Waals surface area contributed by atoms with Crippen LogP contribution in [0.15, 0.2) is 47.7 Å². The van der Waals surface area contributed by atoms with Gasteiger partial charge >= 0.3 is 0 Å². The molecule has 1 saturated heterocycles. The maximum absolute atomic E-state index is 13.7. The quantitative estimate of drug-likeness (QED) is 0.372. The van der Waals surface area contributed by atoms with Crippen molar-refractivity contribution in [3.63, 3.8) is 0 Å². The number of aromatic nitrogens is 5. The number of hydrogen-bond acceptors (Lipinski definition) is 5. The zero-order valence-electron chi connectivity index (χ0n) is 22.3. The lowest BCUT2D eigenvalue weighted by Gasteiger charge is -2.47. The Kier molecular flexibility index (Phi) is 6.66. The summed E-state index contributed by atoms with van der Waals surface area (Å²) in [6.45, 7) is 5.99. The zero-order valence-corrected chi connectivity index (χ0v) is 23.0. The molecule has 6 rings (SSSR count). The monoisotopic (exact) mass is 534 g/mol. The SMILES string of the molecule is COCC1CC(c2cccc(-n3cc(Cl)c4cc(CN5CCC[C@H](C)C5)[nH]c4c3=O)c2)(c2nncn2C)C1. The average Bonchev–Trinajstić information content (AvgIpc) is 3.50. The molecule has 9 heteroatoms. The van der Waals surface area contributed by atoms with Gasteiger partial charge in [0, 0.05) is 56.8 Å². The molecular weight excluding hydrogens is 500 g/mol. The zero-order chi connectivity index (χ0) is 26.4. The van der Waals surface area contributed by atoms with E-state index in [1.807, 2.05) is 29.8 Å². The van der Waals surface area contributed by atoms with E-state index in [1.165, 1.54) is 12.8 Å². The molecule has 2 aliphatic rings. The van der Waals surface area contributed by atoms with Gasteiger partial charge in [-0.25, -0.2) is 0 Å². The van der Waals surface area contributed by atoms with Crippen LogP contribution in [0.25, 0.3) is 16.6 Å². The van der Waals surface area contributed by atoms with Crippen LogP contribution < -0.4 is 5.56 Å². The van der Waals surface area contributed by atoms with E-state index in [4.69, 9.17) is 16.3 Å². The Labute approximate surface area is 227 Å². The van der Waals surface area contributed by atoms with E-state index < -0.39 is 0 Å². The van der Waals surface area contributed by atoms with Crippen molar-refractivity contribution < 1.29 is 4.74 Å². The van der Waals surface area contributed by atoms with Crippen LogP contribution >= 0.6 is 11.6 Å². The number of ether oxygens (including phenoxy) is 1. The van der Waals surface area contributed by atoms with Gasteiger partial charge in [0.15, 0.2) is 0 Å². The molecule has 1 aromatic carbocycles. The number of halogens is 1. The molecule has 8 nitrogen and oxygen atoms in total. The summed E-state index contributed by atoms with van der Waals surface area (Å²) in [5.74, 6) is 2.09. The fourth-order valence-electron chi connectivity index (χ4n) is 6.67. The van der Waals surface area contributed by atoms with Crippen molar-refractivity contribution in [1.29, 1.82) is 0 Å². The molecule has 0 radical (unpaired) electrons. The highest BCUT2D eigenvalue weighted by atomic mass is 35.5. The van der Waals surface area contributed by atoms with Crippen LogP contribution in [0.5, 0.6) is 0 Å². The van der Waals surface area contributed by atoms with Crippen molar-refractivity contribution in [2.75, 3.05) is 26.8 Å². The number of rotatable bonds is 7. The number of fused-ring (bicyclic) bond motifs is 1.